The molecule has 0 spiro atoms. The number of carbonyl (C=O) groups is 1. The average Bonchev–Trinajstić information content (AvgIpc) is 2.86. The van der Waals surface area contributed by atoms with Crippen LogP contribution in [-0.2, 0) is 16.1 Å². The van der Waals surface area contributed by atoms with Gasteiger partial charge in [0.25, 0.3) is 0 Å². The number of amides is 1. The molecular weight excluding hydrogens is 406 g/mol. The van der Waals surface area contributed by atoms with Gasteiger partial charge in [0, 0.05) is 32.2 Å². The Kier molecular flexibility index (Phi) is 7.59. The maximum Gasteiger partial charge on any atom is 0.228 e. The first-order valence-corrected chi connectivity index (χ1v) is 12.1. The van der Waals surface area contributed by atoms with E-state index in [1.807, 2.05) is 18.2 Å². The number of ether oxygens (including phenoxy) is 3. The van der Waals surface area contributed by atoms with Gasteiger partial charge >= 0.3 is 0 Å². The van der Waals surface area contributed by atoms with Gasteiger partial charge in [-0.1, -0.05) is 13.0 Å². The summed E-state index contributed by atoms with van der Waals surface area (Å²) >= 11 is 0. The minimum atomic E-state index is -0.284. The van der Waals surface area contributed by atoms with Gasteiger partial charge in [0.2, 0.25) is 5.91 Å². The molecule has 1 saturated carbocycles. The second kappa shape index (κ2) is 10.4. The zero-order valence-corrected chi connectivity index (χ0v) is 19.9. The number of morpholine rings is 1. The quantitative estimate of drug-likeness (QED) is 0.696. The standard InChI is InChI=1S/C25H39N3O4/c1-4-27-10-8-20-16-21(28-11-13-32-14-12-28)7-9-25(20,18-27)24(29)26-17-19-5-6-22(30-2)23(15-19)31-3/h5-6,15,20-21H,4,7-14,16-18H2,1-3H3,(H,26,29)/t20-,21+,25-/m1/s1. The van der Waals surface area contributed by atoms with Crippen LogP contribution in [0.25, 0.3) is 0 Å². The fourth-order valence-corrected chi connectivity index (χ4v) is 5.98. The summed E-state index contributed by atoms with van der Waals surface area (Å²) in [5.41, 5.74) is 0.738. The third-order valence-corrected chi connectivity index (χ3v) is 7.92. The Morgan fingerprint density at radius 2 is 1.94 bits per heavy atom. The normalized spacial score (nSPS) is 29.2. The lowest BCUT2D eigenvalue weighted by Crippen LogP contribution is -2.60. The van der Waals surface area contributed by atoms with Crippen LogP contribution in [0.5, 0.6) is 11.5 Å². The molecule has 1 amide bonds. The summed E-state index contributed by atoms with van der Waals surface area (Å²) in [6.45, 7) is 9.41. The Morgan fingerprint density at radius 3 is 2.66 bits per heavy atom. The van der Waals surface area contributed by atoms with Crippen LogP contribution in [0, 0.1) is 11.3 Å². The Balaban J connectivity index is 1.46. The lowest BCUT2D eigenvalue weighted by atomic mass is 9.61. The monoisotopic (exact) mass is 445 g/mol. The van der Waals surface area contributed by atoms with Gasteiger partial charge in [0.1, 0.15) is 0 Å². The van der Waals surface area contributed by atoms with Crippen molar-refractivity contribution in [1.82, 2.24) is 15.1 Å². The summed E-state index contributed by atoms with van der Waals surface area (Å²) in [5, 5.41) is 3.29. The molecule has 3 aliphatic rings. The third-order valence-electron chi connectivity index (χ3n) is 7.92. The summed E-state index contributed by atoms with van der Waals surface area (Å²) < 4.78 is 16.3. The van der Waals surface area contributed by atoms with Gasteiger partial charge in [0.15, 0.2) is 11.5 Å². The number of nitrogens with one attached hydrogen (secondary N) is 1. The second-order valence-corrected chi connectivity index (χ2v) is 9.46. The number of hydrogen-bond donors (Lipinski definition) is 1. The van der Waals surface area contributed by atoms with Crippen LogP contribution in [0.15, 0.2) is 18.2 Å². The summed E-state index contributed by atoms with van der Waals surface area (Å²) in [6, 6.07) is 6.42. The lowest BCUT2D eigenvalue weighted by molar-refractivity contribution is -0.145. The van der Waals surface area contributed by atoms with Crippen molar-refractivity contribution in [2.45, 2.75) is 45.2 Å². The predicted octanol–water partition coefficient (Wildman–Crippen LogP) is 2.53. The molecule has 7 heteroatoms. The molecule has 3 atom stereocenters. The van der Waals surface area contributed by atoms with Gasteiger partial charge in [0.05, 0.1) is 32.8 Å². The number of rotatable bonds is 7. The summed E-state index contributed by atoms with van der Waals surface area (Å²) in [7, 11) is 3.27. The highest BCUT2D eigenvalue weighted by Crippen LogP contribution is 2.48. The molecule has 1 N–H and O–H groups in total. The number of nitrogens with zero attached hydrogens (tertiary/aromatic N) is 2. The van der Waals surface area contributed by atoms with Gasteiger partial charge in [-0.2, -0.15) is 0 Å². The molecule has 0 unspecified atom stereocenters. The topological polar surface area (TPSA) is 63.3 Å². The van der Waals surface area contributed by atoms with E-state index in [1.54, 1.807) is 14.2 Å². The highest BCUT2D eigenvalue weighted by Gasteiger charge is 2.52. The molecule has 178 valence electrons. The van der Waals surface area contributed by atoms with Crippen molar-refractivity contribution >= 4 is 5.91 Å². The van der Waals surface area contributed by atoms with Crippen molar-refractivity contribution in [3.8, 4) is 11.5 Å². The Labute approximate surface area is 192 Å². The van der Waals surface area contributed by atoms with Crippen LogP contribution in [0.2, 0.25) is 0 Å². The number of piperidine rings is 1. The zero-order chi connectivity index (χ0) is 22.6. The molecule has 1 aromatic carbocycles. The molecule has 1 aromatic rings. The van der Waals surface area contributed by atoms with Crippen LogP contribution in [0.3, 0.4) is 0 Å². The molecule has 32 heavy (non-hydrogen) atoms. The van der Waals surface area contributed by atoms with E-state index in [1.165, 1.54) is 0 Å². The molecule has 4 rings (SSSR count). The highest BCUT2D eigenvalue weighted by molar-refractivity contribution is 5.83. The first-order valence-electron chi connectivity index (χ1n) is 12.1. The fraction of sp³-hybridized carbons (Fsp3) is 0.720. The van der Waals surface area contributed by atoms with Crippen molar-refractivity contribution in [2.24, 2.45) is 11.3 Å². The molecule has 2 heterocycles. The summed E-state index contributed by atoms with van der Waals surface area (Å²) in [5.74, 6) is 2.05. The molecule has 0 radical (unpaired) electrons. The van der Waals surface area contributed by atoms with E-state index in [0.717, 1.165) is 77.2 Å². The Morgan fingerprint density at radius 1 is 1.16 bits per heavy atom. The smallest absolute Gasteiger partial charge is 0.228 e. The van der Waals surface area contributed by atoms with E-state index in [0.29, 0.717) is 30.0 Å². The zero-order valence-electron chi connectivity index (χ0n) is 19.9. The van der Waals surface area contributed by atoms with E-state index < -0.39 is 0 Å². The van der Waals surface area contributed by atoms with Crippen molar-refractivity contribution in [2.75, 3.05) is 60.2 Å². The maximum absolute atomic E-state index is 13.7. The van der Waals surface area contributed by atoms with Gasteiger partial charge in [-0.25, -0.2) is 0 Å². The minimum Gasteiger partial charge on any atom is -0.493 e. The number of carbonyl (C=O) groups excluding carboxylic acids is 1. The molecule has 2 aliphatic heterocycles. The van der Waals surface area contributed by atoms with Crippen molar-refractivity contribution in [3.05, 3.63) is 23.8 Å². The molecule has 1 aliphatic carbocycles. The molecule has 3 fully saturated rings. The van der Waals surface area contributed by atoms with Gasteiger partial charge in [-0.3, -0.25) is 9.69 Å². The lowest BCUT2D eigenvalue weighted by Gasteiger charge is -2.53. The van der Waals surface area contributed by atoms with Crippen LogP contribution < -0.4 is 14.8 Å². The van der Waals surface area contributed by atoms with Gasteiger partial charge in [-0.05, 0) is 62.4 Å². The van der Waals surface area contributed by atoms with E-state index in [9.17, 15) is 4.79 Å². The Hall–Kier alpha value is -1.83. The van der Waals surface area contributed by atoms with E-state index in [2.05, 4.69) is 22.0 Å². The van der Waals surface area contributed by atoms with Crippen LogP contribution in [-0.4, -0.2) is 81.9 Å². The van der Waals surface area contributed by atoms with Gasteiger partial charge < -0.3 is 24.4 Å². The number of fused-ring (bicyclic) bond motifs is 1. The van der Waals surface area contributed by atoms with E-state index in [-0.39, 0.29) is 11.3 Å². The average molecular weight is 446 g/mol. The molecule has 7 nitrogen and oxygen atoms in total. The molecule has 0 aromatic heterocycles. The number of hydrogen-bond acceptors (Lipinski definition) is 6. The van der Waals surface area contributed by atoms with Crippen LogP contribution in [0.4, 0.5) is 0 Å². The van der Waals surface area contributed by atoms with Crippen LogP contribution in [0.1, 0.15) is 38.2 Å². The van der Waals surface area contributed by atoms with Gasteiger partial charge in [-0.15, -0.1) is 0 Å². The van der Waals surface area contributed by atoms with Crippen molar-refractivity contribution in [1.29, 1.82) is 0 Å². The third kappa shape index (κ3) is 4.75. The summed E-state index contributed by atoms with van der Waals surface area (Å²) in [6.07, 6.45) is 4.30. The van der Waals surface area contributed by atoms with E-state index in [4.69, 9.17) is 14.2 Å². The first-order chi connectivity index (χ1) is 15.6. The van der Waals surface area contributed by atoms with Crippen LogP contribution >= 0.6 is 0 Å². The number of methoxy groups -OCH3 is 2. The predicted molar refractivity (Wildman–Crippen MR) is 124 cm³/mol. The SMILES string of the molecule is CCN1CC[C@@H]2C[C@@H](N3CCOCC3)CC[C@@]2(C(=O)NCc2ccc(OC)c(OC)c2)C1. The van der Waals surface area contributed by atoms with Crippen molar-refractivity contribution < 1.29 is 19.0 Å². The maximum atomic E-state index is 13.7. The molecule has 2 saturated heterocycles. The Bertz CT molecular complexity index is 782. The first kappa shape index (κ1) is 23.3. The molecular formula is C25H39N3O4. The molecule has 0 bridgehead atoms. The second-order valence-electron chi connectivity index (χ2n) is 9.46. The summed E-state index contributed by atoms with van der Waals surface area (Å²) in [4.78, 5) is 18.8. The minimum absolute atomic E-state index is 0.218. The highest BCUT2D eigenvalue weighted by atomic mass is 16.5. The number of likely N-dealkylation sites (tertiary alicyclic amines) is 1. The van der Waals surface area contributed by atoms with E-state index >= 15 is 0 Å². The number of benzene rings is 1. The largest absolute Gasteiger partial charge is 0.493 e. The van der Waals surface area contributed by atoms with Crippen molar-refractivity contribution in [3.63, 3.8) is 0 Å². The fourth-order valence-electron chi connectivity index (χ4n) is 5.98.